The van der Waals surface area contributed by atoms with Crippen LogP contribution >= 0.6 is 23.2 Å². The van der Waals surface area contributed by atoms with E-state index in [-0.39, 0.29) is 11.4 Å². The summed E-state index contributed by atoms with van der Waals surface area (Å²) in [6, 6.07) is 62.2. The van der Waals surface area contributed by atoms with Gasteiger partial charge < -0.3 is 21.6 Å². The Kier molecular flexibility index (Phi) is 19.1. The van der Waals surface area contributed by atoms with Gasteiger partial charge in [0.15, 0.2) is 28.2 Å². The average molecular weight is 1530 g/mol. The molecule has 14 aromatic heterocycles. The fourth-order valence-electron chi connectivity index (χ4n) is 13.8. The van der Waals surface area contributed by atoms with E-state index in [1.807, 2.05) is 127 Å². The van der Waals surface area contributed by atoms with Crippen LogP contribution in [0.3, 0.4) is 0 Å². The van der Waals surface area contributed by atoms with Gasteiger partial charge in [0, 0.05) is 148 Å². The minimum Gasteiger partial charge on any atom is -0.462 e. The highest BCUT2D eigenvalue weighted by atomic mass is 35.5. The standard InChI is InChI=1S/C23H14F2N4.C23H15FN4.C22H13ClFN5.C21H11ClFN3O/c24-13-6-7-20(25)19(11-13)21-12-18(17-5-2-9-28-23(17)29-21)14-3-1-4-16-15(14)8-10-27-22(16)26;24-20-9-2-1-5-18(20)21-13-19(17-8-4-11-27-23(17)28-21)14-6-3-7-16-15(14)10-12-26-22(16)25;23-12-3-4-18(24)17(10-12)19-11-16(15-2-1-7-28-22(15)29-19)20-13-5-9-27-21(25)14(13)6-8-26-20;22-12-3-4-18(23)16(8-12)19-9-15(14-2-1-6-25-21(14)26-19)17-11-27-20-10-24-7-5-13(17)20/h1-12H,(H2,26,27);1-13H,(H2,25,26);1-11H,(H2,25,27);1-11H. The molecule has 20 rings (SSSR count). The maximum absolute atomic E-state index is 14.5. The van der Waals surface area contributed by atoms with Crippen molar-refractivity contribution in [2.24, 2.45) is 0 Å². The molecule has 20 aromatic rings. The van der Waals surface area contributed by atoms with E-state index in [0.29, 0.717) is 101 Å². The molecule has 113 heavy (non-hydrogen) atoms. The van der Waals surface area contributed by atoms with Gasteiger partial charge in [0.05, 0.1) is 40.9 Å². The number of hydrogen-bond acceptors (Lipinski definition) is 17. The summed E-state index contributed by atoms with van der Waals surface area (Å²) < 4.78 is 77.3. The highest BCUT2D eigenvalue weighted by Gasteiger charge is 2.22. The van der Waals surface area contributed by atoms with Crippen molar-refractivity contribution in [3.63, 3.8) is 0 Å². The Balaban J connectivity index is 0.000000109. The molecule has 544 valence electrons. The smallest absolute Gasteiger partial charge is 0.160 e. The normalized spacial score (nSPS) is 11.2. The number of aromatic nitrogens is 13. The lowest BCUT2D eigenvalue weighted by Crippen LogP contribution is -1.97. The van der Waals surface area contributed by atoms with Crippen LogP contribution in [-0.2, 0) is 0 Å². The zero-order valence-corrected chi connectivity index (χ0v) is 60.2. The van der Waals surface area contributed by atoms with Crippen LogP contribution in [0.5, 0.6) is 0 Å². The summed E-state index contributed by atoms with van der Waals surface area (Å²) >= 11 is 12.2. The number of halogens is 7. The summed E-state index contributed by atoms with van der Waals surface area (Å²) in [6.07, 6.45) is 18.3. The number of nitrogens with zero attached hydrogens (tertiary/aromatic N) is 13. The third-order valence-corrected chi connectivity index (χ3v) is 19.5. The molecule has 0 aliphatic heterocycles. The molecular formula is C89H53Cl2F5N16O. The van der Waals surface area contributed by atoms with Crippen molar-refractivity contribution in [1.29, 1.82) is 0 Å². The second kappa shape index (κ2) is 30.4. The minimum absolute atomic E-state index is 0.0835. The molecule has 0 spiro atoms. The molecule has 0 saturated carbocycles. The first-order chi connectivity index (χ1) is 55.2. The molecule has 0 radical (unpaired) electrons. The molecule has 0 fully saturated rings. The summed E-state index contributed by atoms with van der Waals surface area (Å²) in [7, 11) is 0. The minimum atomic E-state index is -0.550. The Hall–Kier alpha value is -14.7. The third-order valence-electron chi connectivity index (χ3n) is 19.0. The first-order valence-corrected chi connectivity index (χ1v) is 35.6. The molecule has 0 atom stereocenters. The Morgan fingerprint density at radius 1 is 0.265 bits per heavy atom. The monoisotopic (exact) mass is 1530 g/mol. The number of rotatable bonds is 8. The predicted molar refractivity (Wildman–Crippen MR) is 436 cm³/mol. The van der Waals surface area contributed by atoms with Crippen molar-refractivity contribution in [1.82, 2.24) is 64.8 Å². The summed E-state index contributed by atoms with van der Waals surface area (Å²) in [6.45, 7) is 0. The lowest BCUT2D eigenvalue weighted by atomic mass is 9.95. The average Bonchev–Trinajstić information content (AvgIpc) is 1.44. The Morgan fingerprint density at radius 2 is 0.646 bits per heavy atom. The van der Waals surface area contributed by atoms with Gasteiger partial charge in [-0.05, 0) is 208 Å². The number of anilines is 3. The molecule has 24 heteroatoms. The topological polar surface area (TPSA) is 259 Å². The number of benzene rings is 6. The molecule has 0 unspecified atom stereocenters. The summed E-state index contributed by atoms with van der Waals surface area (Å²) in [5.41, 5.74) is 30.5. The van der Waals surface area contributed by atoms with Gasteiger partial charge >= 0.3 is 0 Å². The molecular weight excluding hydrogens is 1470 g/mol. The first kappa shape index (κ1) is 71.2. The van der Waals surface area contributed by atoms with Gasteiger partial charge in [-0.3, -0.25) is 9.97 Å². The molecule has 6 N–H and O–H groups in total. The lowest BCUT2D eigenvalue weighted by Gasteiger charge is -2.13. The van der Waals surface area contributed by atoms with Crippen LogP contribution in [0.2, 0.25) is 10.0 Å². The Morgan fingerprint density at radius 3 is 1.15 bits per heavy atom. The van der Waals surface area contributed by atoms with Gasteiger partial charge in [-0.2, -0.15) is 0 Å². The van der Waals surface area contributed by atoms with Crippen molar-refractivity contribution in [3.05, 3.63) is 326 Å². The molecule has 6 aromatic carbocycles. The molecule has 0 amide bonds. The number of pyridine rings is 13. The van der Waals surface area contributed by atoms with Crippen molar-refractivity contribution >= 4 is 128 Å². The van der Waals surface area contributed by atoms with Crippen molar-refractivity contribution in [2.75, 3.05) is 17.2 Å². The molecule has 14 heterocycles. The van der Waals surface area contributed by atoms with Crippen LogP contribution in [0, 0.1) is 29.1 Å². The summed E-state index contributed by atoms with van der Waals surface area (Å²) in [5, 5.41) is 10.3. The van der Waals surface area contributed by atoms with Gasteiger partial charge in [0.2, 0.25) is 0 Å². The zero-order valence-electron chi connectivity index (χ0n) is 58.7. The highest BCUT2D eigenvalue weighted by Crippen LogP contribution is 2.43. The van der Waals surface area contributed by atoms with E-state index in [9.17, 15) is 22.0 Å². The van der Waals surface area contributed by atoms with Crippen molar-refractivity contribution < 1.29 is 26.4 Å². The third kappa shape index (κ3) is 14.0. The number of nitrogens with two attached hydrogens (primary N) is 3. The van der Waals surface area contributed by atoms with E-state index in [0.717, 1.165) is 116 Å². The van der Waals surface area contributed by atoms with Crippen LogP contribution < -0.4 is 17.2 Å². The number of nitrogen functional groups attached to an aromatic ring is 3. The number of hydrogen-bond donors (Lipinski definition) is 3. The number of fused-ring (bicyclic) bond motifs is 8. The van der Waals surface area contributed by atoms with E-state index in [1.54, 1.807) is 111 Å². The van der Waals surface area contributed by atoms with Gasteiger partial charge in [-0.1, -0.05) is 71.7 Å². The van der Waals surface area contributed by atoms with Crippen LogP contribution in [0.15, 0.2) is 291 Å². The second-order valence-corrected chi connectivity index (χ2v) is 26.6. The van der Waals surface area contributed by atoms with Crippen molar-refractivity contribution in [3.8, 4) is 89.7 Å². The fourth-order valence-corrected chi connectivity index (χ4v) is 14.1. The SMILES string of the molecule is Fc1ccc(Cl)cc1-c1cc(-c2coc3cnccc23)c2cccnc2n1.Nc1nccc2c(-c3cc(-c4cc(Cl)ccc4F)nc4ncccc34)nccc12.Nc1nccc2c(-c3cc(-c4cc(F)ccc4F)nc4ncccc34)cccc12.Nc1nccc2c(-c3cc(-c4ccccc4F)nc4ncccc34)cccc12. The van der Waals surface area contributed by atoms with E-state index in [4.69, 9.17) is 44.8 Å². The van der Waals surface area contributed by atoms with E-state index < -0.39 is 23.3 Å². The molecule has 0 aliphatic carbocycles. The molecule has 0 saturated heterocycles. The largest absolute Gasteiger partial charge is 0.462 e. The van der Waals surface area contributed by atoms with Gasteiger partial charge in [-0.15, -0.1) is 0 Å². The number of furan rings is 1. The Bertz CT molecular complexity index is 6950. The second-order valence-electron chi connectivity index (χ2n) is 25.7. The molecule has 0 bridgehead atoms. The van der Waals surface area contributed by atoms with Crippen LogP contribution in [0.25, 0.3) is 177 Å². The molecule has 17 nitrogen and oxygen atoms in total. The quantitative estimate of drug-likeness (QED) is 0.119. The summed E-state index contributed by atoms with van der Waals surface area (Å²) in [4.78, 5) is 56.8. The summed E-state index contributed by atoms with van der Waals surface area (Å²) in [5.74, 6) is -0.882. The maximum atomic E-state index is 14.5. The lowest BCUT2D eigenvalue weighted by molar-refractivity contribution is 0.602. The zero-order chi connectivity index (χ0) is 77.4. The van der Waals surface area contributed by atoms with Crippen LogP contribution in [-0.4, -0.2) is 64.8 Å². The van der Waals surface area contributed by atoms with Crippen LogP contribution in [0.4, 0.5) is 39.4 Å². The van der Waals surface area contributed by atoms with E-state index in [2.05, 4.69) is 64.8 Å². The van der Waals surface area contributed by atoms with Crippen LogP contribution in [0.1, 0.15) is 0 Å². The van der Waals surface area contributed by atoms with Gasteiger partial charge in [0.1, 0.15) is 46.5 Å². The molecule has 0 aliphatic rings. The van der Waals surface area contributed by atoms with E-state index >= 15 is 0 Å². The van der Waals surface area contributed by atoms with Gasteiger partial charge in [-0.25, -0.2) is 76.8 Å². The van der Waals surface area contributed by atoms with Crippen molar-refractivity contribution in [2.45, 2.75) is 0 Å². The van der Waals surface area contributed by atoms with E-state index in [1.165, 1.54) is 30.3 Å². The van der Waals surface area contributed by atoms with Gasteiger partial charge in [0.25, 0.3) is 0 Å². The first-order valence-electron chi connectivity index (χ1n) is 34.9. The maximum Gasteiger partial charge on any atom is 0.160 e. The predicted octanol–water partition coefficient (Wildman–Crippen LogP) is 21.8. The Labute approximate surface area is 648 Å². The fraction of sp³-hybridized carbons (Fsp3) is 0. The highest BCUT2D eigenvalue weighted by molar-refractivity contribution is 6.31.